The van der Waals surface area contributed by atoms with Crippen LogP contribution in [0.3, 0.4) is 0 Å². The summed E-state index contributed by atoms with van der Waals surface area (Å²) in [5.74, 6) is 0.0224. The third-order valence-electron chi connectivity index (χ3n) is 3.90. The summed E-state index contributed by atoms with van der Waals surface area (Å²) in [5.41, 5.74) is 4.36. The summed E-state index contributed by atoms with van der Waals surface area (Å²) in [6.07, 6.45) is 2.53. The van der Waals surface area contributed by atoms with E-state index in [-0.39, 0.29) is 11.9 Å². The molecule has 1 amide bonds. The van der Waals surface area contributed by atoms with E-state index in [2.05, 4.69) is 16.4 Å². The van der Waals surface area contributed by atoms with Crippen LogP contribution in [-0.2, 0) is 11.2 Å². The van der Waals surface area contributed by atoms with Gasteiger partial charge in [-0.3, -0.25) is 14.7 Å². The first-order chi connectivity index (χ1) is 11.0. The van der Waals surface area contributed by atoms with Crippen molar-refractivity contribution in [1.29, 1.82) is 0 Å². The van der Waals surface area contributed by atoms with Gasteiger partial charge in [0, 0.05) is 24.9 Å². The Labute approximate surface area is 138 Å². The first kappa shape index (κ1) is 17.2. The third kappa shape index (κ3) is 4.63. The lowest BCUT2D eigenvalue weighted by Gasteiger charge is -2.24. The number of nitrogens with zero attached hydrogens (tertiary/aromatic N) is 2. The largest absolute Gasteiger partial charge is 0.354 e. The number of pyridine rings is 1. The highest BCUT2D eigenvalue weighted by Gasteiger charge is 2.22. The fourth-order valence-electron chi connectivity index (χ4n) is 2.71. The number of amides is 1. The molecule has 23 heavy (non-hydrogen) atoms. The number of nitrogens with one attached hydrogen (secondary N) is 1. The van der Waals surface area contributed by atoms with Crippen molar-refractivity contribution in [3.05, 3.63) is 65.0 Å². The molecule has 0 spiro atoms. The predicted octanol–water partition coefficient (Wildman–Crippen LogP) is 2.66. The molecule has 1 aromatic heterocycles. The standard InChI is InChI=1S/C19H25N3O/c1-14-7-5-9-16(13-14)18(22(3)4)19(23)21-12-10-17-15(2)8-6-11-20-17/h5-9,11,13,18H,10,12H2,1-4H3,(H,21,23). The van der Waals surface area contributed by atoms with Gasteiger partial charge in [0.05, 0.1) is 0 Å². The van der Waals surface area contributed by atoms with E-state index in [1.165, 1.54) is 0 Å². The number of aromatic nitrogens is 1. The van der Waals surface area contributed by atoms with E-state index < -0.39 is 0 Å². The maximum atomic E-state index is 12.6. The van der Waals surface area contributed by atoms with E-state index in [0.29, 0.717) is 6.54 Å². The molecule has 0 aliphatic heterocycles. The third-order valence-corrected chi connectivity index (χ3v) is 3.90. The van der Waals surface area contributed by atoms with Crippen LogP contribution in [0.1, 0.15) is 28.4 Å². The van der Waals surface area contributed by atoms with Gasteiger partial charge in [0.1, 0.15) is 6.04 Å². The lowest BCUT2D eigenvalue weighted by molar-refractivity contribution is -0.125. The molecule has 4 nitrogen and oxygen atoms in total. The number of carbonyl (C=O) groups excluding carboxylic acids is 1. The Kier molecular flexibility index (Phi) is 5.88. The molecule has 1 atom stereocenters. The van der Waals surface area contributed by atoms with Crippen LogP contribution in [0.15, 0.2) is 42.6 Å². The quantitative estimate of drug-likeness (QED) is 0.892. The number of hydrogen-bond donors (Lipinski definition) is 1. The highest BCUT2D eigenvalue weighted by Crippen LogP contribution is 2.19. The molecule has 1 N–H and O–H groups in total. The number of aryl methyl sites for hydroxylation is 2. The predicted molar refractivity (Wildman–Crippen MR) is 93.3 cm³/mol. The van der Waals surface area contributed by atoms with E-state index >= 15 is 0 Å². The van der Waals surface area contributed by atoms with Crippen LogP contribution in [0.5, 0.6) is 0 Å². The van der Waals surface area contributed by atoms with Crippen molar-refractivity contribution in [1.82, 2.24) is 15.2 Å². The van der Waals surface area contributed by atoms with Crippen molar-refractivity contribution < 1.29 is 4.79 Å². The zero-order valence-electron chi connectivity index (χ0n) is 14.3. The van der Waals surface area contributed by atoms with Gasteiger partial charge in [-0.1, -0.05) is 35.9 Å². The number of carbonyl (C=O) groups is 1. The minimum Gasteiger partial charge on any atom is -0.354 e. The second-order valence-electron chi connectivity index (χ2n) is 6.09. The molecule has 1 aromatic carbocycles. The molecule has 0 saturated heterocycles. The average Bonchev–Trinajstić information content (AvgIpc) is 2.49. The molecule has 0 radical (unpaired) electrons. The molecule has 122 valence electrons. The summed E-state index contributed by atoms with van der Waals surface area (Å²) in [6, 6.07) is 11.8. The van der Waals surface area contributed by atoms with E-state index in [4.69, 9.17) is 0 Å². The Morgan fingerprint density at radius 1 is 1.22 bits per heavy atom. The highest BCUT2D eigenvalue weighted by atomic mass is 16.2. The maximum Gasteiger partial charge on any atom is 0.241 e. The number of benzene rings is 1. The highest BCUT2D eigenvalue weighted by molar-refractivity contribution is 5.83. The fourth-order valence-corrected chi connectivity index (χ4v) is 2.71. The van der Waals surface area contributed by atoms with Gasteiger partial charge in [0.15, 0.2) is 0 Å². The summed E-state index contributed by atoms with van der Waals surface area (Å²) >= 11 is 0. The summed E-state index contributed by atoms with van der Waals surface area (Å²) in [5, 5.41) is 3.04. The Morgan fingerprint density at radius 2 is 2.00 bits per heavy atom. The van der Waals surface area contributed by atoms with Crippen molar-refractivity contribution in [3.8, 4) is 0 Å². The topological polar surface area (TPSA) is 45.2 Å². The van der Waals surface area contributed by atoms with Gasteiger partial charge in [-0.2, -0.15) is 0 Å². The lowest BCUT2D eigenvalue weighted by atomic mass is 10.0. The fraction of sp³-hybridized carbons (Fsp3) is 0.368. The van der Waals surface area contributed by atoms with Gasteiger partial charge in [0.25, 0.3) is 0 Å². The number of likely N-dealkylation sites (N-methyl/N-ethyl adjacent to an activating group) is 1. The van der Waals surface area contributed by atoms with Crippen LogP contribution in [-0.4, -0.2) is 36.4 Å². The minimum atomic E-state index is -0.278. The van der Waals surface area contributed by atoms with Crippen LogP contribution >= 0.6 is 0 Å². The molecular formula is C19H25N3O. The molecule has 0 fully saturated rings. The summed E-state index contributed by atoms with van der Waals surface area (Å²) < 4.78 is 0. The Balaban J connectivity index is 2.01. The number of hydrogen-bond acceptors (Lipinski definition) is 3. The summed E-state index contributed by atoms with van der Waals surface area (Å²) in [4.78, 5) is 18.9. The van der Waals surface area contributed by atoms with Crippen molar-refractivity contribution in [3.63, 3.8) is 0 Å². The summed E-state index contributed by atoms with van der Waals surface area (Å²) in [7, 11) is 3.85. The van der Waals surface area contributed by atoms with Crippen LogP contribution in [0.2, 0.25) is 0 Å². The van der Waals surface area contributed by atoms with Crippen molar-refractivity contribution in [2.24, 2.45) is 0 Å². The van der Waals surface area contributed by atoms with Gasteiger partial charge in [-0.15, -0.1) is 0 Å². The summed E-state index contributed by atoms with van der Waals surface area (Å²) in [6.45, 7) is 4.67. The SMILES string of the molecule is Cc1cccc(C(C(=O)NCCc2ncccc2C)N(C)C)c1. The molecule has 0 saturated carbocycles. The van der Waals surface area contributed by atoms with Crippen molar-refractivity contribution >= 4 is 5.91 Å². The molecule has 0 aliphatic carbocycles. The van der Waals surface area contributed by atoms with E-state index in [1.54, 1.807) is 6.20 Å². The van der Waals surface area contributed by atoms with Gasteiger partial charge >= 0.3 is 0 Å². The van der Waals surface area contributed by atoms with E-state index in [0.717, 1.165) is 28.8 Å². The van der Waals surface area contributed by atoms with Crippen LogP contribution in [0, 0.1) is 13.8 Å². The van der Waals surface area contributed by atoms with Gasteiger partial charge in [-0.05, 0) is 45.1 Å². The van der Waals surface area contributed by atoms with Crippen molar-refractivity contribution in [2.45, 2.75) is 26.3 Å². The van der Waals surface area contributed by atoms with Crippen molar-refractivity contribution in [2.75, 3.05) is 20.6 Å². The Morgan fingerprint density at radius 3 is 2.65 bits per heavy atom. The smallest absolute Gasteiger partial charge is 0.241 e. The van der Waals surface area contributed by atoms with E-state index in [1.807, 2.05) is 63.2 Å². The normalized spacial score (nSPS) is 12.2. The molecule has 2 rings (SSSR count). The van der Waals surface area contributed by atoms with Gasteiger partial charge in [-0.25, -0.2) is 0 Å². The van der Waals surface area contributed by atoms with E-state index in [9.17, 15) is 4.79 Å². The molecule has 2 aromatic rings. The van der Waals surface area contributed by atoms with Crippen LogP contribution < -0.4 is 5.32 Å². The Bertz CT molecular complexity index is 667. The molecule has 4 heteroatoms. The Hall–Kier alpha value is -2.20. The second kappa shape index (κ2) is 7.88. The molecule has 1 heterocycles. The average molecular weight is 311 g/mol. The minimum absolute atomic E-state index is 0.0224. The first-order valence-electron chi connectivity index (χ1n) is 7.90. The zero-order chi connectivity index (χ0) is 16.8. The zero-order valence-corrected chi connectivity index (χ0v) is 14.3. The molecule has 1 unspecified atom stereocenters. The van der Waals surface area contributed by atoms with Crippen LogP contribution in [0.4, 0.5) is 0 Å². The van der Waals surface area contributed by atoms with Gasteiger partial charge < -0.3 is 5.32 Å². The first-order valence-corrected chi connectivity index (χ1v) is 7.90. The lowest BCUT2D eigenvalue weighted by Crippen LogP contribution is -2.38. The molecule has 0 aliphatic rings. The number of rotatable bonds is 6. The monoisotopic (exact) mass is 311 g/mol. The molecule has 0 bridgehead atoms. The van der Waals surface area contributed by atoms with Crippen LogP contribution in [0.25, 0.3) is 0 Å². The second-order valence-corrected chi connectivity index (χ2v) is 6.09. The maximum absolute atomic E-state index is 12.6. The van der Waals surface area contributed by atoms with Gasteiger partial charge in [0.2, 0.25) is 5.91 Å². The molecular weight excluding hydrogens is 286 g/mol.